The fourth-order valence-electron chi connectivity index (χ4n) is 11.4. The molecule has 0 radical (unpaired) electrons. The van der Waals surface area contributed by atoms with Gasteiger partial charge in [-0.25, -0.2) is 0 Å². The molecule has 0 amide bonds. The molecule has 13 aromatic carbocycles. The van der Waals surface area contributed by atoms with Crippen LogP contribution in [0.25, 0.3) is 75.8 Å². The highest BCUT2D eigenvalue weighted by Crippen LogP contribution is 2.58. The molecule has 15 rings (SSSR count). The molecule has 4 heteroatoms. The number of benzene rings is 13. The molecule has 326 valence electrons. The van der Waals surface area contributed by atoms with Crippen molar-refractivity contribution in [1.29, 1.82) is 0 Å². The van der Waals surface area contributed by atoms with Gasteiger partial charge in [0.1, 0.15) is 0 Å². The summed E-state index contributed by atoms with van der Waals surface area (Å²) in [5, 5.41) is 14.6. The summed E-state index contributed by atoms with van der Waals surface area (Å²) in [5.74, 6) is 1.64. The van der Waals surface area contributed by atoms with Crippen molar-refractivity contribution in [2.45, 2.75) is 0 Å². The zero-order valence-electron chi connectivity index (χ0n) is 37.9. The van der Waals surface area contributed by atoms with E-state index in [1.165, 1.54) is 53.9 Å². The zero-order chi connectivity index (χ0) is 45.9. The van der Waals surface area contributed by atoms with Crippen LogP contribution in [0.4, 0.5) is 51.2 Å². The van der Waals surface area contributed by atoms with E-state index in [0.717, 1.165) is 84.6 Å². The smallest absolute Gasteiger partial charge is 0.152 e. The SMILES string of the molecule is c1ccc(N2c3ccc(-c4ccc5c(c4)N(c4cccc6ccccc46)c4cc6ccccc6cc4O5)cc3N(c3ccc4c5ccccc5c5ccccc5c4c3)c3cc4ccccc4cc32)cc1. The summed E-state index contributed by atoms with van der Waals surface area (Å²) in [6.45, 7) is 0. The minimum absolute atomic E-state index is 0.811. The number of para-hydroxylation sites is 1. The molecule has 0 saturated heterocycles. The first-order valence-corrected chi connectivity index (χ1v) is 24.0. The Labute approximate surface area is 404 Å². The molecule has 0 saturated carbocycles. The normalized spacial score (nSPS) is 12.9. The molecule has 2 aliphatic heterocycles. The Bertz CT molecular complexity index is 4270. The van der Waals surface area contributed by atoms with Gasteiger partial charge < -0.3 is 19.4 Å². The number of ether oxygens (including phenoxy) is 1. The lowest BCUT2D eigenvalue weighted by Gasteiger charge is -2.41. The van der Waals surface area contributed by atoms with Crippen LogP contribution in [0.1, 0.15) is 0 Å². The molecule has 70 heavy (non-hydrogen) atoms. The third kappa shape index (κ3) is 5.84. The lowest BCUT2D eigenvalue weighted by molar-refractivity contribution is 0.478. The molecular weight excluding hydrogens is 851 g/mol. The Kier molecular flexibility index (Phi) is 8.33. The van der Waals surface area contributed by atoms with Crippen molar-refractivity contribution in [1.82, 2.24) is 0 Å². The van der Waals surface area contributed by atoms with E-state index >= 15 is 0 Å². The van der Waals surface area contributed by atoms with Crippen LogP contribution < -0.4 is 19.4 Å². The standard InChI is InChI=1S/C66H41N3O/c1-2-21-49(22-3-1)67-59-33-29-47(48-30-34-65-63(39-48)69(58-28-14-20-42-15-8-9-23-51(42)58)64-38-45-18-6-7-19-46(45)40-66(64)70-65)37-60(59)68(62-36-44-17-5-4-16-43(44)35-61(62)67)50-31-32-56-54-26-11-10-24-52(54)53-25-12-13-27-55(53)57(56)41-50/h1-41H. The molecule has 2 heterocycles. The summed E-state index contributed by atoms with van der Waals surface area (Å²) >= 11 is 0. The number of nitrogens with zero attached hydrogens (tertiary/aromatic N) is 3. The van der Waals surface area contributed by atoms with Gasteiger partial charge in [-0.3, -0.25) is 0 Å². The van der Waals surface area contributed by atoms with Crippen LogP contribution in [0.2, 0.25) is 0 Å². The predicted octanol–water partition coefficient (Wildman–Crippen LogP) is 19.1. The van der Waals surface area contributed by atoms with E-state index in [1.807, 2.05) is 0 Å². The Hall–Kier alpha value is -9.38. The summed E-state index contributed by atoms with van der Waals surface area (Å²) in [6.07, 6.45) is 0. The van der Waals surface area contributed by atoms with E-state index in [1.54, 1.807) is 0 Å². The number of anilines is 9. The number of fused-ring (bicyclic) bond motifs is 13. The Morgan fingerprint density at radius 1 is 0.214 bits per heavy atom. The van der Waals surface area contributed by atoms with Gasteiger partial charge in [0, 0.05) is 16.8 Å². The van der Waals surface area contributed by atoms with Gasteiger partial charge in [-0.15, -0.1) is 0 Å². The van der Waals surface area contributed by atoms with Crippen molar-refractivity contribution < 1.29 is 4.74 Å². The van der Waals surface area contributed by atoms with Crippen LogP contribution in [-0.4, -0.2) is 0 Å². The second-order valence-electron chi connectivity index (χ2n) is 18.5. The minimum Gasteiger partial charge on any atom is -0.453 e. The minimum atomic E-state index is 0.811. The second-order valence-corrected chi connectivity index (χ2v) is 18.5. The van der Waals surface area contributed by atoms with Gasteiger partial charge in [-0.05, 0) is 149 Å². The van der Waals surface area contributed by atoms with Crippen molar-refractivity contribution in [2.75, 3.05) is 14.7 Å². The highest BCUT2D eigenvalue weighted by molar-refractivity contribution is 6.26. The van der Waals surface area contributed by atoms with Gasteiger partial charge in [-0.1, -0.05) is 170 Å². The Morgan fingerprint density at radius 2 is 0.686 bits per heavy atom. The van der Waals surface area contributed by atoms with Crippen LogP contribution in [0.5, 0.6) is 11.5 Å². The van der Waals surface area contributed by atoms with Crippen LogP contribution >= 0.6 is 0 Å². The Balaban J connectivity index is 0.972. The quantitative estimate of drug-likeness (QED) is 0.164. The zero-order valence-corrected chi connectivity index (χ0v) is 37.9. The molecule has 4 nitrogen and oxygen atoms in total. The fourth-order valence-corrected chi connectivity index (χ4v) is 11.4. The van der Waals surface area contributed by atoms with Crippen molar-refractivity contribution in [3.05, 3.63) is 249 Å². The largest absolute Gasteiger partial charge is 0.453 e. The molecule has 0 N–H and O–H groups in total. The monoisotopic (exact) mass is 891 g/mol. The molecule has 0 aliphatic carbocycles. The molecule has 13 aromatic rings. The molecule has 0 fully saturated rings. The number of hydrogen-bond donors (Lipinski definition) is 0. The van der Waals surface area contributed by atoms with Crippen molar-refractivity contribution in [2.24, 2.45) is 0 Å². The molecule has 0 aromatic heterocycles. The highest BCUT2D eigenvalue weighted by Gasteiger charge is 2.33. The summed E-state index contributed by atoms with van der Waals surface area (Å²) in [6, 6.07) is 90.8. The van der Waals surface area contributed by atoms with Crippen molar-refractivity contribution in [3.8, 4) is 22.6 Å². The molecule has 2 aliphatic rings. The van der Waals surface area contributed by atoms with Gasteiger partial charge in [0.05, 0.1) is 39.8 Å². The number of hydrogen-bond acceptors (Lipinski definition) is 4. The van der Waals surface area contributed by atoms with Crippen LogP contribution in [0, 0.1) is 0 Å². The van der Waals surface area contributed by atoms with E-state index in [9.17, 15) is 0 Å². The van der Waals surface area contributed by atoms with Crippen LogP contribution in [0.3, 0.4) is 0 Å². The van der Waals surface area contributed by atoms with E-state index in [2.05, 4.69) is 263 Å². The first-order chi connectivity index (χ1) is 34.7. The third-order valence-electron chi connectivity index (χ3n) is 14.6. The van der Waals surface area contributed by atoms with E-state index in [0.29, 0.717) is 0 Å². The topological polar surface area (TPSA) is 19.0 Å². The maximum Gasteiger partial charge on any atom is 0.152 e. The molecule has 0 atom stereocenters. The van der Waals surface area contributed by atoms with E-state index in [4.69, 9.17) is 4.74 Å². The number of rotatable bonds is 4. The maximum atomic E-state index is 6.88. The van der Waals surface area contributed by atoms with E-state index < -0.39 is 0 Å². The van der Waals surface area contributed by atoms with Gasteiger partial charge in [0.15, 0.2) is 11.5 Å². The predicted molar refractivity (Wildman–Crippen MR) is 295 cm³/mol. The van der Waals surface area contributed by atoms with Crippen molar-refractivity contribution in [3.63, 3.8) is 0 Å². The average Bonchev–Trinajstić information content (AvgIpc) is 3.42. The summed E-state index contributed by atoms with van der Waals surface area (Å²) in [5.41, 5.74) is 11.9. The van der Waals surface area contributed by atoms with Crippen LogP contribution in [0.15, 0.2) is 249 Å². The average molecular weight is 892 g/mol. The van der Waals surface area contributed by atoms with Gasteiger partial charge >= 0.3 is 0 Å². The van der Waals surface area contributed by atoms with Gasteiger partial charge in [0.2, 0.25) is 0 Å². The van der Waals surface area contributed by atoms with Crippen molar-refractivity contribution >= 4 is 116 Å². The third-order valence-corrected chi connectivity index (χ3v) is 14.6. The summed E-state index contributed by atoms with van der Waals surface area (Å²) < 4.78 is 6.88. The maximum absolute atomic E-state index is 6.88. The first kappa shape index (κ1) is 38.7. The van der Waals surface area contributed by atoms with Gasteiger partial charge in [0.25, 0.3) is 0 Å². The first-order valence-electron chi connectivity index (χ1n) is 24.0. The second kappa shape index (κ2) is 15.1. The van der Waals surface area contributed by atoms with Crippen LogP contribution in [-0.2, 0) is 0 Å². The molecule has 0 spiro atoms. The molecule has 0 unspecified atom stereocenters. The molecule has 0 bridgehead atoms. The molecular formula is C66H41N3O. The Morgan fingerprint density at radius 3 is 1.36 bits per heavy atom. The lowest BCUT2D eigenvalue weighted by Crippen LogP contribution is -2.24. The van der Waals surface area contributed by atoms with E-state index in [-0.39, 0.29) is 0 Å². The fraction of sp³-hybridized carbons (Fsp3) is 0. The van der Waals surface area contributed by atoms with Gasteiger partial charge in [-0.2, -0.15) is 0 Å². The lowest BCUT2D eigenvalue weighted by atomic mass is 9.93. The summed E-state index contributed by atoms with van der Waals surface area (Å²) in [7, 11) is 0. The highest BCUT2D eigenvalue weighted by atomic mass is 16.5. The summed E-state index contributed by atoms with van der Waals surface area (Å²) in [4.78, 5) is 7.33.